The molecular weight excluding hydrogens is 240 g/mol. The zero-order chi connectivity index (χ0) is 11.6. The number of hydrogen-bond donors (Lipinski definition) is 0. The fourth-order valence-corrected chi connectivity index (χ4v) is 13.3. The van der Waals surface area contributed by atoms with E-state index in [2.05, 4.69) is 51.8 Å². The molecule has 0 unspecified atom stereocenters. The maximum absolute atomic E-state index is 2.45. The molecule has 0 nitrogen and oxygen atoms in total. The largest absolute Gasteiger partial charge is 0.138 e. The molecule has 0 N–H and O–H groups in total. The Kier molecular flexibility index (Phi) is 5.61. The SMILES string of the molecule is CS/C(=C(/SC)[Si](C)(C)C)[Si](C)(C)C. The maximum atomic E-state index is 2.45. The Hall–Kier alpha value is 0.874. The zero-order valence-electron chi connectivity index (χ0n) is 10.8. The van der Waals surface area contributed by atoms with Gasteiger partial charge in [-0.2, -0.15) is 0 Å². The first-order chi connectivity index (χ1) is 6.14. The van der Waals surface area contributed by atoms with Gasteiger partial charge < -0.3 is 0 Å². The standard InChI is InChI=1S/C10H24S2Si2/c1-11-9(13(3,4)5)10(12-2)14(6,7)8/h1-8H3/b10-9+. The van der Waals surface area contributed by atoms with E-state index in [0.29, 0.717) is 0 Å². The van der Waals surface area contributed by atoms with Crippen molar-refractivity contribution >= 4 is 39.7 Å². The first kappa shape index (κ1) is 14.9. The van der Waals surface area contributed by atoms with E-state index in [9.17, 15) is 0 Å². The lowest BCUT2D eigenvalue weighted by molar-refractivity contribution is 1.69. The molecule has 0 saturated carbocycles. The Morgan fingerprint density at radius 3 is 0.929 bits per heavy atom. The van der Waals surface area contributed by atoms with Gasteiger partial charge in [-0.1, -0.05) is 39.3 Å². The Morgan fingerprint density at radius 1 is 0.643 bits per heavy atom. The summed E-state index contributed by atoms with van der Waals surface area (Å²) in [5.74, 6) is 0. The minimum atomic E-state index is -1.12. The molecule has 4 heteroatoms. The molecule has 0 aliphatic carbocycles. The van der Waals surface area contributed by atoms with Gasteiger partial charge in [-0.15, -0.1) is 23.5 Å². The Labute approximate surface area is 100 Å². The van der Waals surface area contributed by atoms with Gasteiger partial charge in [0.05, 0.1) is 16.1 Å². The molecule has 14 heavy (non-hydrogen) atoms. The molecule has 0 aliphatic rings. The minimum Gasteiger partial charge on any atom is -0.138 e. The molecule has 0 radical (unpaired) electrons. The smallest absolute Gasteiger partial charge is 0.0862 e. The lowest BCUT2D eigenvalue weighted by atomic mass is 11.2. The van der Waals surface area contributed by atoms with Gasteiger partial charge >= 0.3 is 0 Å². The summed E-state index contributed by atoms with van der Waals surface area (Å²) < 4.78 is 3.45. The summed E-state index contributed by atoms with van der Waals surface area (Å²) in [6, 6.07) is 0. The van der Waals surface area contributed by atoms with Crippen molar-refractivity contribution < 1.29 is 0 Å². The van der Waals surface area contributed by atoms with Crippen LogP contribution in [0, 0.1) is 0 Å². The highest BCUT2D eigenvalue weighted by atomic mass is 32.2. The highest BCUT2D eigenvalue weighted by Gasteiger charge is 2.29. The Morgan fingerprint density at radius 2 is 0.857 bits per heavy atom. The van der Waals surface area contributed by atoms with E-state index in [1.165, 1.54) is 0 Å². The summed E-state index contributed by atoms with van der Waals surface area (Å²) in [5.41, 5.74) is 0. The molecule has 0 fully saturated rings. The van der Waals surface area contributed by atoms with Crippen molar-refractivity contribution in [1.29, 1.82) is 0 Å². The van der Waals surface area contributed by atoms with E-state index in [4.69, 9.17) is 0 Å². The van der Waals surface area contributed by atoms with Gasteiger partial charge in [-0.05, 0) is 21.6 Å². The number of rotatable bonds is 4. The molecule has 84 valence electrons. The first-order valence-electron chi connectivity index (χ1n) is 4.97. The van der Waals surface area contributed by atoms with Gasteiger partial charge in [-0.3, -0.25) is 0 Å². The normalized spacial score (nSPS) is 15.4. The monoisotopic (exact) mass is 264 g/mol. The summed E-state index contributed by atoms with van der Waals surface area (Å²) >= 11 is 3.98. The van der Waals surface area contributed by atoms with Crippen LogP contribution < -0.4 is 0 Å². The summed E-state index contributed by atoms with van der Waals surface area (Å²) in [4.78, 5) is 0. The molecule has 0 rings (SSSR count). The average molecular weight is 265 g/mol. The molecular formula is C10H24S2Si2. The Balaban J connectivity index is 5.36. The maximum Gasteiger partial charge on any atom is 0.0862 e. The molecule has 0 aromatic rings. The van der Waals surface area contributed by atoms with Gasteiger partial charge in [0.25, 0.3) is 0 Å². The number of thioether (sulfide) groups is 2. The molecule has 0 heterocycles. The fourth-order valence-electron chi connectivity index (χ4n) is 1.48. The summed E-state index contributed by atoms with van der Waals surface area (Å²) in [6.07, 6.45) is 4.48. The molecule has 0 aliphatic heterocycles. The second-order valence-electron chi connectivity index (χ2n) is 5.57. The topological polar surface area (TPSA) is 0 Å². The lowest BCUT2D eigenvalue weighted by Gasteiger charge is -2.29. The van der Waals surface area contributed by atoms with Gasteiger partial charge in [0.1, 0.15) is 0 Å². The van der Waals surface area contributed by atoms with Crippen LogP contribution in [0.5, 0.6) is 0 Å². The molecule has 0 aromatic heterocycles. The van der Waals surface area contributed by atoms with E-state index >= 15 is 0 Å². The van der Waals surface area contributed by atoms with Gasteiger partial charge in [0, 0.05) is 0 Å². The third kappa shape index (κ3) is 4.17. The highest BCUT2D eigenvalue weighted by molar-refractivity contribution is 8.09. The third-order valence-corrected chi connectivity index (χ3v) is 12.1. The first-order valence-corrected chi connectivity index (χ1v) is 14.4. The van der Waals surface area contributed by atoms with Gasteiger partial charge in [0.2, 0.25) is 0 Å². The molecule has 0 atom stereocenters. The third-order valence-electron chi connectivity index (χ3n) is 1.98. The molecule has 0 bridgehead atoms. The fraction of sp³-hybridized carbons (Fsp3) is 0.800. The van der Waals surface area contributed by atoms with Crippen molar-refractivity contribution in [2.24, 2.45) is 0 Å². The molecule has 0 amide bonds. The van der Waals surface area contributed by atoms with E-state index in [0.717, 1.165) is 0 Å². The van der Waals surface area contributed by atoms with Crippen molar-refractivity contribution in [1.82, 2.24) is 0 Å². The van der Waals surface area contributed by atoms with Crippen LogP contribution >= 0.6 is 23.5 Å². The van der Waals surface area contributed by atoms with Crippen molar-refractivity contribution in [2.75, 3.05) is 12.5 Å². The summed E-state index contributed by atoms with van der Waals surface area (Å²) in [5, 5.41) is 0. The van der Waals surface area contributed by atoms with Crippen LogP contribution in [0.25, 0.3) is 0 Å². The predicted octanol–water partition coefficient (Wildman–Crippen LogP) is 4.68. The summed E-state index contributed by atoms with van der Waals surface area (Å²) in [6.45, 7) is 14.7. The van der Waals surface area contributed by atoms with Crippen LogP contribution in [-0.4, -0.2) is 28.7 Å². The minimum absolute atomic E-state index is 1.12. The van der Waals surface area contributed by atoms with E-state index in [-0.39, 0.29) is 0 Å². The second-order valence-corrected chi connectivity index (χ2v) is 17.9. The van der Waals surface area contributed by atoms with Crippen LogP contribution in [0.4, 0.5) is 0 Å². The van der Waals surface area contributed by atoms with Crippen LogP contribution in [0.3, 0.4) is 0 Å². The molecule has 0 aromatic carbocycles. The average Bonchev–Trinajstić information content (AvgIpc) is 1.94. The molecule has 0 saturated heterocycles. The molecule has 0 spiro atoms. The van der Waals surface area contributed by atoms with E-state index < -0.39 is 16.1 Å². The van der Waals surface area contributed by atoms with Crippen LogP contribution in [0.15, 0.2) is 9.06 Å². The van der Waals surface area contributed by atoms with Crippen molar-refractivity contribution in [2.45, 2.75) is 39.3 Å². The van der Waals surface area contributed by atoms with Gasteiger partial charge in [-0.25, -0.2) is 0 Å². The second kappa shape index (κ2) is 5.28. The lowest BCUT2D eigenvalue weighted by Crippen LogP contribution is -2.31. The van der Waals surface area contributed by atoms with Crippen molar-refractivity contribution in [3.05, 3.63) is 9.06 Å². The highest BCUT2D eigenvalue weighted by Crippen LogP contribution is 2.37. The van der Waals surface area contributed by atoms with Gasteiger partial charge in [0.15, 0.2) is 0 Å². The quantitative estimate of drug-likeness (QED) is 0.676. The van der Waals surface area contributed by atoms with E-state index in [1.54, 1.807) is 9.06 Å². The van der Waals surface area contributed by atoms with Crippen LogP contribution in [0.2, 0.25) is 39.3 Å². The van der Waals surface area contributed by atoms with Crippen molar-refractivity contribution in [3.8, 4) is 0 Å². The Bertz CT molecular complexity index is 197. The van der Waals surface area contributed by atoms with Crippen LogP contribution in [0.1, 0.15) is 0 Å². The van der Waals surface area contributed by atoms with Crippen LogP contribution in [-0.2, 0) is 0 Å². The number of hydrogen-bond acceptors (Lipinski definition) is 2. The zero-order valence-corrected chi connectivity index (χ0v) is 14.4. The predicted molar refractivity (Wildman–Crippen MR) is 80.7 cm³/mol. The van der Waals surface area contributed by atoms with E-state index in [1.807, 2.05) is 23.5 Å². The van der Waals surface area contributed by atoms with Crippen molar-refractivity contribution in [3.63, 3.8) is 0 Å². The summed E-state index contributed by atoms with van der Waals surface area (Å²) in [7, 11) is -2.25.